The molecule has 2 aromatic rings. The number of methoxy groups -OCH3 is 1. The van der Waals surface area contributed by atoms with Crippen LogP contribution in [0.15, 0.2) is 42.5 Å². The van der Waals surface area contributed by atoms with Crippen molar-refractivity contribution in [2.24, 2.45) is 0 Å². The fourth-order valence-corrected chi connectivity index (χ4v) is 3.25. The predicted octanol–water partition coefficient (Wildman–Crippen LogP) is 3.24. The molecule has 1 fully saturated rings. The number of ether oxygens (including phenoxy) is 1. The third-order valence-corrected chi connectivity index (χ3v) is 4.83. The van der Waals surface area contributed by atoms with Gasteiger partial charge in [0.2, 0.25) is 5.91 Å². The van der Waals surface area contributed by atoms with Crippen LogP contribution in [0.3, 0.4) is 0 Å². The monoisotopic (exact) mass is 391 g/mol. The summed E-state index contributed by atoms with van der Waals surface area (Å²) in [6, 6.07) is 12.2. The Kier molecular flexibility index (Phi) is 6.66. The minimum Gasteiger partial charge on any atom is -0.497 e. The number of hydrogen-bond donors (Lipinski definition) is 1. The van der Waals surface area contributed by atoms with Crippen molar-refractivity contribution < 1.29 is 13.9 Å². The highest BCUT2D eigenvalue weighted by molar-refractivity contribution is 6.30. The van der Waals surface area contributed by atoms with Gasteiger partial charge in [0.15, 0.2) is 0 Å². The molecule has 0 atom stereocenters. The lowest BCUT2D eigenvalue weighted by molar-refractivity contribution is -0.117. The van der Waals surface area contributed by atoms with E-state index >= 15 is 0 Å². The second-order valence-electron chi connectivity index (χ2n) is 6.57. The molecule has 0 spiro atoms. The van der Waals surface area contributed by atoms with Crippen LogP contribution in [0.25, 0.3) is 0 Å². The van der Waals surface area contributed by atoms with Crippen LogP contribution in [0, 0.1) is 5.82 Å². The maximum absolute atomic E-state index is 13.7. The van der Waals surface area contributed by atoms with Gasteiger partial charge < -0.3 is 10.1 Å². The number of hydrogen-bond acceptors (Lipinski definition) is 4. The number of nitrogens with one attached hydrogen (secondary N) is 1. The summed E-state index contributed by atoms with van der Waals surface area (Å²) in [6.07, 6.45) is 0. The molecule has 1 saturated heterocycles. The smallest absolute Gasteiger partial charge is 0.238 e. The van der Waals surface area contributed by atoms with Crippen LogP contribution in [0.5, 0.6) is 5.75 Å². The second kappa shape index (κ2) is 9.17. The Morgan fingerprint density at radius 2 is 1.78 bits per heavy atom. The van der Waals surface area contributed by atoms with Gasteiger partial charge in [0, 0.05) is 37.7 Å². The lowest BCUT2D eigenvalue weighted by Gasteiger charge is -2.34. The fraction of sp³-hybridized carbons (Fsp3) is 0.350. The highest BCUT2D eigenvalue weighted by atomic mass is 35.5. The number of rotatable bonds is 6. The number of carbonyl (C=O) groups excluding carboxylic acids is 1. The molecule has 27 heavy (non-hydrogen) atoms. The molecule has 0 unspecified atom stereocenters. The molecular weight excluding hydrogens is 369 g/mol. The lowest BCUT2D eigenvalue weighted by Crippen LogP contribution is -2.48. The average molecular weight is 392 g/mol. The maximum atomic E-state index is 13.7. The van der Waals surface area contributed by atoms with Gasteiger partial charge >= 0.3 is 0 Å². The van der Waals surface area contributed by atoms with Gasteiger partial charge in [-0.2, -0.15) is 0 Å². The second-order valence-corrected chi connectivity index (χ2v) is 7.01. The zero-order chi connectivity index (χ0) is 19.2. The van der Waals surface area contributed by atoms with E-state index in [1.54, 1.807) is 7.11 Å². The van der Waals surface area contributed by atoms with Crippen molar-refractivity contribution in [3.8, 4) is 5.75 Å². The van der Waals surface area contributed by atoms with E-state index in [0.29, 0.717) is 5.02 Å². The molecule has 0 aliphatic carbocycles. The van der Waals surface area contributed by atoms with Crippen molar-refractivity contribution in [2.45, 2.75) is 6.54 Å². The van der Waals surface area contributed by atoms with E-state index in [4.69, 9.17) is 16.3 Å². The zero-order valence-electron chi connectivity index (χ0n) is 15.3. The van der Waals surface area contributed by atoms with Gasteiger partial charge in [0.25, 0.3) is 0 Å². The number of benzene rings is 2. The number of piperazine rings is 1. The highest BCUT2D eigenvalue weighted by Crippen LogP contribution is 2.19. The van der Waals surface area contributed by atoms with Gasteiger partial charge in [0.05, 0.1) is 19.3 Å². The van der Waals surface area contributed by atoms with E-state index in [2.05, 4.69) is 27.2 Å². The molecule has 3 rings (SSSR count). The Hall–Kier alpha value is -2.15. The Balaban J connectivity index is 1.44. The van der Waals surface area contributed by atoms with Gasteiger partial charge in [-0.25, -0.2) is 4.39 Å². The first-order valence-electron chi connectivity index (χ1n) is 8.86. The zero-order valence-corrected chi connectivity index (χ0v) is 16.0. The molecule has 0 bridgehead atoms. The van der Waals surface area contributed by atoms with E-state index in [0.717, 1.165) is 38.5 Å². The van der Waals surface area contributed by atoms with Crippen LogP contribution >= 0.6 is 11.6 Å². The van der Waals surface area contributed by atoms with Crippen molar-refractivity contribution >= 4 is 23.2 Å². The minimum atomic E-state index is -0.489. The van der Waals surface area contributed by atoms with E-state index in [1.807, 2.05) is 12.1 Å². The molecule has 0 saturated carbocycles. The summed E-state index contributed by atoms with van der Waals surface area (Å²) in [5, 5.41) is 2.98. The molecule has 0 aromatic heterocycles. The molecule has 0 radical (unpaired) electrons. The molecule has 1 aliphatic heterocycles. The van der Waals surface area contributed by atoms with Crippen LogP contribution in [0.1, 0.15) is 5.56 Å². The lowest BCUT2D eigenvalue weighted by atomic mass is 10.2. The Bertz CT molecular complexity index is 777. The first kappa shape index (κ1) is 19.6. The van der Waals surface area contributed by atoms with Crippen LogP contribution in [-0.2, 0) is 11.3 Å². The van der Waals surface area contributed by atoms with E-state index in [1.165, 1.54) is 23.8 Å². The van der Waals surface area contributed by atoms with Crippen molar-refractivity contribution in [1.29, 1.82) is 0 Å². The van der Waals surface area contributed by atoms with Gasteiger partial charge in [-0.05, 0) is 35.9 Å². The summed E-state index contributed by atoms with van der Waals surface area (Å²) in [5.41, 5.74) is 1.35. The third kappa shape index (κ3) is 5.66. The minimum absolute atomic E-state index is 0.116. The maximum Gasteiger partial charge on any atom is 0.238 e. The first-order valence-corrected chi connectivity index (χ1v) is 9.24. The van der Waals surface area contributed by atoms with Crippen LogP contribution in [-0.4, -0.2) is 55.5 Å². The van der Waals surface area contributed by atoms with Crippen molar-refractivity contribution in [2.75, 3.05) is 45.2 Å². The van der Waals surface area contributed by atoms with Gasteiger partial charge in [0.1, 0.15) is 11.6 Å². The summed E-state index contributed by atoms with van der Waals surface area (Å²) >= 11 is 5.85. The average Bonchev–Trinajstić information content (AvgIpc) is 2.67. The molecule has 1 amide bonds. The topological polar surface area (TPSA) is 44.8 Å². The van der Waals surface area contributed by atoms with E-state index < -0.39 is 5.82 Å². The fourth-order valence-electron chi connectivity index (χ4n) is 3.08. The van der Waals surface area contributed by atoms with Crippen LogP contribution in [0.4, 0.5) is 10.1 Å². The Morgan fingerprint density at radius 3 is 2.44 bits per heavy atom. The summed E-state index contributed by atoms with van der Waals surface area (Å²) < 4.78 is 18.9. The van der Waals surface area contributed by atoms with Gasteiger partial charge in [-0.1, -0.05) is 23.7 Å². The van der Waals surface area contributed by atoms with Crippen molar-refractivity contribution in [3.63, 3.8) is 0 Å². The summed E-state index contributed by atoms with van der Waals surface area (Å²) in [6.45, 7) is 4.46. The number of halogens is 2. The number of carbonyl (C=O) groups is 1. The molecule has 5 nitrogen and oxygen atoms in total. The molecule has 1 N–H and O–H groups in total. The van der Waals surface area contributed by atoms with Crippen LogP contribution in [0.2, 0.25) is 5.02 Å². The Labute approximate surface area is 163 Å². The first-order chi connectivity index (χ1) is 13.0. The number of anilines is 1. The van der Waals surface area contributed by atoms with Gasteiger partial charge in [-0.3, -0.25) is 14.6 Å². The van der Waals surface area contributed by atoms with E-state index in [9.17, 15) is 9.18 Å². The SMILES string of the molecule is COc1ccc(CN2CCN(CC(=O)Nc3cc(Cl)ccc3F)CC2)cc1. The molecule has 2 aromatic carbocycles. The summed E-state index contributed by atoms with van der Waals surface area (Å²) in [4.78, 5) is 16.6. The normalized spacial score (nSPS) is 15.5. The molecule has 7 heteroatoms. The van der Waals surface area contributed by atoms with Gasteiger partial charge in [-0.15, -0.1) is 0 Å². The van der Waals surface area contributed by atoms with Crippen LogP contribution < -0.4 is 10.1 Å². The molecular formula is C20H23ClFN3O2. The quantitative estimate of drug-likeness (QED) is 0.821. The highest BCUT2D eigenvalue weighted by Gasteiger charge is 2.19. The number of nitrogens with zero attached hydrogens (tertiary/aromatic N) is 2. The molecule has 1 heterocycles. The molecule has 1 aliphatic rings. The van der Waals surface area contributed by atoms with Crippen molar-refractivity contribution in [1.82, 2.24) is 9.80 Å². The number of amides is 1. The predicted molar refractivity (Wildman–Crippen MR) is 105 cm³/mol. The van der Waals surface area contributed by atoms with E-state index in [-0.39, 0.29) is 18.1 Å². The third-order valence-electron chi connectivity index (χ3n) is 4.60. The molecule has 144 valence electrons. The summed E-state index contributed by atoms with van der Waals surface area (Å²) in [7, 11) is 1.66. The standard InChI is InChI=1S/C20H23ClFN3O2/c1-27-17-5-2-15(3-6-17)13-24-8-10-25(11-9-24)14-20(26)23-19-12-16(21)4-7-18(19)22/h2-7,12H,8-11,13-14H2,1H3,(H,23,26). The largest absolute Gasteiger partial charge is 0.497 e. The Morgan fingerprint density at radius 1 is 1.11 bits per heavy atom. The summed E-state index contributed by atoms with van der Waals surface area (Å²) in [5.74, 6) is 0.127. The van der Waals surface area contributed by atoms with Crippen molar-refractivity contribution in [3.05, 3.63) is 58.9 Å².